The molecule has 0 N–H and O–H groups in total. The molecular weight excluding hydrogens is 221 g/mol. The maximum atomic E-state index is 11.1. The number of unbranched alkanes of at least 4 members (excludes halogenated alkanes) is 1. The van der Waals surface area contributed by atoms with E-state index in [1.165, 1.54) is 0 Å². The third-order valence-corrected chi connectivity index (χ3v) is 2.37. The van der Waals surface area contributed by atoms with E-state index in [0.717, 1.165) is 12.8 Å². The minimum atomic E-state index is -0.444. The molecule has 0 aliphatic rings. The number of nitrogens with zero attached hydrogens (tertiary/aromatic N) is 1. The number of carbonyl (C=O) groups excluding carboxylic acids is 1. The zero-order valence-electron chi connectivity index (χ0n) is 8.78. The summed E-state index contributed by atoms with van der Waals surface area (Å²) in [4.78, 5) is 11.1. The molecule has 0 amide bonds. The second-order valence-electron chi connectivity index (χ2n) is 2.97. The zero-order valence-corrected chi connectivity index (χ0v) is 10.8. The minimum absolute atomic E-state index is 0. The summed E-state index contributed by atoms with van der Waals surface area (Å²) in [6, 6.07) is 1.98. The quantitative estimate of drug-likeness (QED) is 0.346. The molecule has 0 rings (SSSR count). The Morgan fingerprint density at radius 1 is 1.60 bits per heavy atom. The molecule has 0 aliphatic carbocycles. The van der Waals surface area contributed by atoms with Crippen molar-refractivity contribution in [3.8, 4) is 6.07 Å². The Bertz CT molecular complexity index is 208. The Morgan fingerprint density at radius 3 is 2.73 bits per heavy atom. The molecule has 0 radical (unpaired) electrons. The van der Waals surface area contributed by atoms with E-state index in [0.29, 0.717) is 23.5 Å². The van der Waals surface area contributed by atoms with Crippen molar-refractivity contribution in [3.05, 3.63) is 0 Å². The van der Waals surface area contributed by atoms with Gasteiger partial charge in [0.05, 0.1) is 12.7 Å². The number of ether oxygens (including phenoxy) is 1. The third-order valence-electron chi connectivity index (χ3n) is 1.80. The topological polar surface area (TPSA) is 59.3 Å². The zero-order chi connectivity index (χ0) is 10.8. The van der Waals surface area contributed by atoms with E-state index in [1.54, 1.807) is 0 Å². The van der Waals surface area contributed by atoms with E-state index >= 15 is 0 Å². The van der Waals surface area contributed by atoms with Crippen LogP contribution in [-0.2, 0) is 14.0 Å². The first kappa shape index (κ1) is 17.5. The van der Waals surface area contributed by atoms with Crippen molar-refractivity contribution >= 4 is 46.0 Å². The van der Waals surface area contributed by atoms with Crippen LogP contribution in [0.3, 0.4) is 0 Å². The molecular formula is C9H18NNaO3Si. The average molecular weight is 239 g/mol. The predicted molar refractivity (Wildman–Crippen MR) is 62.7 cm³/mol. The fourth-order valence-electron chi connectivity index (χ4n) is 0.887. The summed E-state index contributed by atoms with van der Waals surface area (Å²) >= 11 is 0. The number of carbonyl (C=O) groups is 1. The molecule has 0 aromatic heterocycles. The van der Waals surface area contributed by atoms with Gasteiger partial charge in [-0.05, 0) is 12.8 Å². The number of hydrogen-bond acceptors (Lipinski definition) is 4. The van der Waals surface area contributed by atoms with Crippen LogP contribution < -0.4 is 0 Å². The molecule has 1 atom stereocenters. The van der Waals surface area contributed by atoms with Gasteiger partial charge >= 0.3 is 35.5 Å². The van der Waals surface area contributed by atoms with Crippen molar-refractivity contribution in [2.75, 3.05) is 6.61 Å². The Kier molecular flexibility index (Phi) is 14.3. The molecule has 0 aliphatic heterocycles. The molecule has 0 saturated heterocycles. The monoisotopic (exact) mass is 239 g/mol. The Labute approximate surface area is 116 Å². The van der Waals surface area contributed by atoms with Gasteiger partial charge in [0.25, 0.3) is 0 Å². The fraction of sp³-hybridized carbons (Fsp3) is 0.778. The molecule has 6 heteroatoms. The summed E-state index contributed by atoms with van der Waals surface area (Å²) in [7, 11) is 0.521. The molecule has 0 spiro atoms. The van der Waals surface area contributed by atoms with Crippen molar-refractivity contribution in [1.29, 1.82) is 5.26 Å². The van der Waals surface area contributed by atoms with Gasteiger partial charge in [-0.1, -0.05) is 13.3 Å². The van der Waals surface area contributed by atoms with E-state index in [9.17, 15) is 4.79 Å². The molecule has 0 aromatic rings. The van der Waals surface area contributed by atoms with Gasteiger partial charge < -0.3 is 9.16 Å². The Morgan fingerprint density at radius 2 is 2.27 bits per heavy atom. The summed E-state index contributed by atoms with van der Waals surface area (Å²) in [5.41, 5.74) is 0. The van der Waals surface area contributed by atoms with Crippen molar-refractivity contribution in [2.24, 2.45) is 0 Å². The van der Waals surface area contributed by atoms with Gasteiger partial charge in [-0.25, -0.2) is 0 Å². The Balaban J connectivity index is 0. The van der Waals surface area contributed by atoms with Gasteiger partial charge in [0, 0.05) is 6.42 Å². The van der Waals surface area contributed by atoms with Gasteiger partial charge in [0.15, 0.2) is 0 Å². The standard InChI is InChI=1S/C9H17NO3Si.Na.H/c1-2-3-6-12-9(11)5-4-8(7-10)13-14;;/h8H,2-6H2,1,14H3;;. The molecule has 1 unspecified atom stereocenters. The summed E-state index contributed by atoms with van der Waals surface area (Å²) < 4.78 is 9.87. The molecule has 4 nitrogen and oxygen atoms in total. The van der Waals surface area contributed by atoms with Crippen LogP contribution >= 0.6 is 0 Å². The average Bonchev–Trinajstić information content (AvgIpc) is 2.20. The van der Waals surface area contributed by atoms with Gasteiger partial charge in [-0.15, -0.1) is 0 Å². The SMILES string of the molecule is CCCCOC(=O)CCC(C#N)O[SiH3].[NaH]. The number of nitriles is 1. The first-order chi connectivity index (χ1) is 6.74. The molecule has 82 valence electrons. The molecule has 0 aromatic carbocycles. The second kappa shape index (κ2) is 12.2. The van der Waals surface area contributed by atoms with E-state index in [1.807, 2.05) is 13.0 Å². The molecule has 0 saturated carbocycles. The van der Waals surface area contributed by atoms with Crippen LogP contribution in [0.1, 0.15) is 32.6 Å². The second-order valence-corrected chi connectivity index (χ2v) is 3.44. The third kappa shape index (κ3) is 10.4. The van der Waals surface area contributed by atoms with Crippen molar-refractivity contribution in [3.63, 3.8) is 0 Å². The number of esters is 1. The van der Waals surface area contributed by atoms with E-state index in [4.69, 9.17) is 14.4 Å². The van der Waals surface area contributed by atoms with Crippen LogP contribution in [-0.4, -0.2) is 58.7 Å². The van der Waals surface area contributed by atoms with Crippen LogP contribution in [0.5, 0.6) is 0 Å². The van der Waals surface area contributed by atoms with Crippen molar-refractivity contribution in [2.45, 2.75) is 38.7 Å². The normalized spacial score (nSPS) is 11.2. The first-order valence-electron chi connectivity index (χ1n) is 4.82. The van der Waals surface area contributed by atoms with Crippen LogP contribution in [0.4, 0.5) is 0 Å². The Hall–Kier alpha value is 0.137. The predicted octanol–water partition coefficient (Wildman–Crippen LogP) is -0.349. The van der Waals surface area contributed by atoms with Crippen LogP contribution in [0.15, 0.2) is 0 Å². The molecule has 0 bridgehead atoms. The van der Waals surface area contributed by atoms with E-state index in [-0.39, 0.29) is 41.9 Å². The number of rotatable bonds is 7. The summed E-state index contributed by atoms with van der Waals surface area (Å²) in [5, 5.41) is 8.55. The van der Waals surface area contributed by atoms with Crippen LogP contribution in [0.25, 0.3) is 0 Å². The van der Waals surface area contributed by atoms with Crippen LogP contribution in [0.2, 0.25) is 0 Å². The molecule has 0 heterocycles. The van der Waals surface area contributed by atoms with E-state index < -0.39 is 6.10 Å². The summed E-state index contributed by atoms with van der Waals surface area (Å²) in [6.45, 7) is 2.52. The van der Waals surface area contributed by atoms with Crippen molar-refractivity contribution < 1.29 is 14.0 Å². The van der Waals surface area contributed by atoms with Gasteiger partial charge in [-0.2, -0.15) is 5.26 Å². The van der Waals surface area contributed by atoms with Gasteiger partial charge in [0.1, 0.15) is 16.6 Å². The summed E-state index contributed by atoms with van der Waals surface area (Å²) in [5.74, 6) is -0.239. The van der Waals surface area contributed by atoms with Crippen LogP contribution in [0, 0.1) is 11.3 Å². The first-order valence-corrected chi connectivity index (χ1v) is 5.64. The summed E-state index contributed by atoms with van der Waals surface area (Å²) in [6.07, 6.45) is 2.16. The number of hydrogen-bond donors (Lipinski definition) is 0. The fourth-order valence-corrected chi connectivity index (χ4v) is 1.23. The molecule has 15 heavy (non-hydrogen) atoms. The van der Waals surface area contributed by atoms with Crippen molar-refractivity contribution in [1.82, 2.24) is 0 Å². The van der Waals surface area contributed by atoms with E-state index in [2.05, 4.69) is 0 Å². The van der Waals surface area contributed by atoms with Gasteiger partial charge in [0.2, 0.25) is 0 Å². The molecule has 0 fully saturated rings. The maximum absolute atomic E-state index is 11.1. The van der Waals surface area contributed by atoms with Gasteiger partial charge in [-0.3, -0.25) is 4.79 Å².